The molecule has 0 saturated heterocycles. The molecule has 0 bridgehead atoms. The van der Waals surface area contributed by atoms with Crippen LogP contribution in [0.25, 0.3) is 134 Å². The van der Waals surface area contributed by atoms with Crippen LogP contribution in [0.2, 0.25) is 0 Å². The van der Waals surface area contributed by atoms with E-state index in [1.54, 1.807) is 103 Å². The number of fused-ring (bicyclic) bond motifs is 9. The molecule has 115 heavy (non-hydrogen) atoms. The van der Waals surface area contributed by atoms with Crippen molar-refractivity contribution in [3.05, 3.63) is 341 Å². The zero-order valence-electron chi connectivity index (χ0n) is 85.8. The van der Waals surface area contributed by atoms with Gasteiger partial charge in [-0.15, -0.1) is 162 Å². The van der Waals surface area contributed by atoms with Gasteiger partial charge in [0, 0.05) is 161 Å². The molecule has 0 aliphatic heterocycles. The minimum atomic E-state index is -2.51. The molecule has 2 unspecified atom stereocenters. The maximum Gasteiger partial charge on any atom is 0.216 e. The predicted octanol–water partition coefficient (Wildman–Crippen LogP) is 25.5. The second kappa shape index (κ2) is 39.4. The summed E-state index contributed by atoms with van der Waals surface area (Å²) in [6.45, 7) is 2.47. The maximum absolute atomic E-state index is 8.55. The van der Waals surface area contributed by atoms with Gasteiger partial charge in [0.05, 0.1) is 16.7 Å². The fourth-order valence-corrected chi connectivity index (χ4v) is 12.1. The topological polar surface area (TPSA) is 155 Å². The number of hydrogen-bond donors (Lipinski definition) is 0. The van der Waals surface area contributed by atoms with Gasteiger partial charge in [-0.3, -0.25) is 0 Å². The standard InChI is InChI=1S/C22H21N2O.2C21H19N2O.3C12H10N.3Ir/c1-14-8-9-17-16-6-5-7-18(20(16)25-21(17)24-14)19-12-15(10-11-23-19)13-22(2,3)4;1-12(2)15-7-10-18(22-11-15)16-8-5-13(3)19-17-9-6-14(4)23-21(17)24-20(16)19;1-12(2)15-8-9-18(22-11-15)16-6-5-7-17-19-13(3)10-14(4)23-21(19)24-20(16)17;3*1-10-7-8-12(13-9-10)11-5-3-2-4-6-11;;;/h5-6,8-12H,13H2,1-4H3;5-7,9-12H,1-4H3;5,7-12H,1-4H3;3*2-5,7-9H,1H3;;;/q6*-1;;;/i13D2;1D3,3D3,12D;1D3,12D;3*1D3;;;. The van der Waals surface area contributed by atoms with Gasteiger partial charge in [0.15, 0.2) is 0 Å². The van der Waals surface area contributed by atoms with E-state index in [-0.39, 0.29) is 88.1 Å². The van der Waals surface area contributed by atoms with Gasteiger partial charge >= 0.3 is 0 Å². The van der Waals surface area contributed by atoms with Crippen LogP contribution in [0.5, 0.6) is 0 Å². The molecule has 6 aromatic carbocycles. The Kier molecular flexibility index (Phi) is 20.7. The third-order valence-corrected chi connectivity index (χ3v) is 17.4. The van der Waals surface area contributed by atoms with Crippen LogP contribution >= 0.6 is 0 Å². The van der Waals surface area contributed by atoms with E-state index in [1.807, 2.05) is 146 Å². The second-order valence-electron chi connectivity index (χ2n) is 27.2. The molecule has 0 N–H and O–H groups in total. The summed E-state index contributed by atoms with van der Waals surface area (Å²) in [6, 6.07) is 79.2. The zero-order chi connectivity index (χ0) is 97.2. The van der Waals surface area contributed by atoms with E-state index in [1.165, 1.54) is 57.0 Å². The summed E-state index contributed by atoms with van der Waals surface area (Å²) in [7, 11) is 0. The fraction of sp³-hybridized carbons (Fsp3) is 0.190. The van der Waals surface area contributed by atoms with Crippen molar-refractivity contribution in [3.63, 3.8) is 0 Å². The van der Waals surface area contributed by atoms with Crippen molar-refractivity contribution in [2.24, 2.45) is 5.41 Å². The molecule has 12 nitrogen and oxygen atoms in total. The van der Waals surface area contributed by atoms with Crippen molar-refractivity contribution in [1.29, 1.82) is 0 Å². The maximum atomic E-state index is 8.55. The predicted molar refractivity (Wildman–Crippen MR) is 456 cm³/mol. The van der Waals surface area contributed by atoms with Gasteiger partial charge < -0.3 is 43.2 Å². The normalized spacial score (nSPS) is 15.5. The van der Waals surface area contributed by atoms with E-state index in [4.69, 9.17) is 43.4 Å². The molecule has 15 heteroatoms. The van der Waals surface area contributed by atoms with Crippen LogP contribution in [0, 0.1) is 96.9 Å². The van der Waals surface area contributed by atoms with Crippen molar-refractivity contribution < 1.29 is 104 Å². The molecule has 0 amide bonds. The Balaban J connectivity index is 0.000000172. The van der Waals surface area contributed by atoms with Gasteiger partial charge in [-0.25, -0.2) is 15.0 Å². The first-order chi connectivity index (χ1) is 62.8. The van der Waals surface area contributed by atoms with Crippen LogP contribution in [0.3, 0.4) is 0 Å². The van der Waals surface area contributed by atoms with Crippen molar-refractivity contribution in [3.8, 4) is 67.5 Å². The minimum absolute atomic E-state index is 0. The monoisotopic (exact) mass is 2060 g/mol. The van der Waals surface area contributed by atoms with E-state index >= 15 is 0 Å². The molecule has 0 aliphatic carbocycles. The summed E-state index contributed by atoms with van der Waals surface area (Å²) in [5, 5.41) is 4.82. The Morgan fingerprint density at radius 3 is 1.32 bits per heavy atom. The number of furan rings is 3. The first-order valence-electron chi connectivity index (χ1n) is 46.7. The average molecular weight is 2060 g/mol. The molecule has 0 saturated carbocycles. The molecule has 0 aliphatic rings. The minimum Gasteiger partial charge on any atom is -0.486 e. The number of hydrogen-bond acceptors (Lipinski definition) is 12. The first kappa shape index (κ1) is 60.6. The number of rotatable bonds is 9. The molecule has 18 rings (SSSR count). The fourth-order valence-electron chi connectivity index (χ4n) is 12.1. The van der Waals surface area contributed by atoms with Crippen LogP contribution in [0.4, 0.5) is 0 Å². The Labute approximate surface area is 746 Å². The Morgan fingerprint density at radius 2 is 0.852 bits per heavy atom. The van der Waals surface area contributed by atoms with Crippen LogP contribution in [0.15, 0.2) is 257 Å². The van der Waals surface area contributed by atoms with Crippen molar-refractivity contribution in [2.75, 3.05) is 0 Å². The molecule has 585 valence electrons. The number of pyridine rings is 9. The smallest absolute Gasteiger partial charge is 0.216 e. The molecule has 12 heterocycles. The summed E-state index contributed by atoms with van der Waals surface area (Å²) in [5.74, 6) is -3.55. The van der Waals surface area contributed by atoms with Gasteiger partial charge in [0.1, 0.15) is 0 Å². The zero-order valence-corrected chi connectivity index (χ0v) is 71.0. The molecule has 3 radical (unpaired) electrons. The summed E-state index contributed by atoms with van der Waals surface area (Å²) in [4.78, 5) is 38.9. The third-order valence-electron chi connectivity index (χ3n) is 17.4. The summed E-state index contributed by atoms with van der Waals surface area (Å²) < 4.78 is 186. The van der Waals surface area contributed by atoms with Crippen LogP contribution < -0.4 is 0 Å². The Morgan fingerprint density at radius 1 is 0.391 bits per heavy atom. The summed E-state index contributed by atoms with van der Waals surface area (Å²) >= 11 is 0. The molecule has 0 fully saturated rings. The molecule has 0 spiro atoms. The average Bonchev–Trinajstić information content (AvgIpc) is 1.60. The van der Waals surface area contributed by atoms with Crippen molar-refractivity contribution in [2.45, 2.75) is 122 Å². The first-order valence-corrected chi connectivity index (χ1v) is 35.7. The molecule has 18 aromatic rings. The number of nitrogens with zero attached hydrogens (tertiary/aromatic N) is 9. The third kappa shape index (κ3) is 21.5. The number of benzene rings is 6. The summed E-state index contributed by atoms with van der Waals surface area (Å²) in [5.41, 5.74) is 16.5. The van der Waals surface area contributed by atoms with Crippen molar-refractivity contribution in [1.82, 2.24) is 44.9 Å². The SMILES string of the molecule is [2H]C([2H])([2H])C([2H])(C)c1ccc(-c2[c-]ccc3c2oc2nc(C)cc(C)c23)nc1.[2H]C([2H])([2H])c1c[c-]c(-c2ccc(C([2H])(C)C([2H])([2H])[2H])cn2)c2oc3nc(C)ccc3c12.[2H]C([2H])([2H])c1ccc(-c2[c-]cccc2)nc1.[2H]C([2H])([2H])c1ccc(-c2[c-]cccc2)nc1.[2H]C([2H])([2H])c1ccc(-c2[c-]cccc2)nc1.[2H]C([2H])(c1ccnc(-c2[c-]ccc3c2oc2nc(C)ccc23)c1)C(C)(C)C.[Ir].[Ir].[Ir]. The van der Waals surface area contributed by atoms with Crippen LogP contribution in [-0.2, 0) is 66.7 Å². The van der Waals surface area contributed by atoms with Crippen LogP contribution in [-0.4, -0.2) is 44.9 Å². The molecular weight excluding hydrogens is 1950 g/mol. The quantitative estimate of drug-likeness (QED) is 0.126. The van der Waals surface area contributed by atoms with Crippen LogP contribution in [0.1, 0.15) is 152 Å². The van der Waals surface area contributed by atoms with Gasteiger partial charge in [0.2, 0.25) is 17.1 Å². The van der Waals surface area contributed by atoms with E-state index in [0.29, 0.717) is 84.0 Å². The van der Waals surface area contributed by atoms with E-state index in [0.717, 1.165) is 83.5 Å². The van der Waals surface area contributed by atoms with E-state index < -0.39 is 64.7 Å². The van der Waals surface area contributed by atoms with Gasteiger partial charge in [0.25, 0.3) is 0 Å². The number of aromatic nitrogens is 9. The molecular formula is C100H89Ir3N9O3-6. The Bertz CT molecular complexity index is 6960. The van der Waals surface area contributed by atoms with Crippen molar-refractivity contribution >= 4 is 66.2 Å². The number of aryl methyl sites for hydroxylation is 8. The van der Waals surface area contributed by atoms with Gasteiger partial charge in [-0.2, -0.15) is 0 Å². The van der Waals surface area contributed by atoms with Gasteiger partial charge in [-0.05, 0) is 176 Å². The van der Waals surface area contributed by atoms with E-state index in [2.05, 4.69) is 81.3 Å². The Hall–Kier alpha value is -11.0. The largest absolute Gasteiger partial charge is 0.486 e. The van der Waals surface area contributed by atoms with E-state index in [9.17, 15) is 0 Å². The molecule has 12 aromatic heterocycles. The second-order valence-corrected chi connectivity index (χ2v) is 27.2. The molecule has 2 atom stereocenters. The summed E-state index contributed by atoms with van der Waals surface area (Å²) in [6.07, 6.45) is 7.11. The van der Waals surface area contributed by atoms with Gasteiger partial charge in [-0.1, -0.05) is 160 Å².